The van der Waals surface area contributed by atoms with Gasteiger partial charge in [0.1, 0.15) is 5.82 Å². The van der Waals surface area contributed by atoms with Gasteiger partial charge in [-0.2, -0.15) is 0 Å². The fourth-order valence-electron chi connectivity index (χ4n) is 7.77. The minimum Gasteiger partial charge on any atom is -0.383 e. The van der Waals surface area contributed by atoms with Gasteiger partial charge in [0, 0.05) is 42.4 Å². The van der Waals surface area contributed by atoms with Crippen molar-refractivity contribution in [1.29, 1.82) is 0 Å². The van der Waals surface area contributed by atoms with Crippen molar-refractivity contribution in [3.63, 3.8) is 0 Å². The number of hydrogen-bond acceptors (Lipinski definition) is 7. The van der Waals surface area contributed by atoms with Gasteiger partial charge in [-0.05, 0) is 113 Å². The van der Waals surface area contributed by atoms with Crippen molar-refractivity contribution in [2.75, 3.05) is 37.7 Å². The molecule has 2 aliphatic heterocycles. The average Bonchev–Trinajstić information content (AvgIpc) is 2.92. The third-order valence-electron chi connectivity index (χ3n) is 10.1. The molecule has 6 rings (SSSR count). The van der Waals surface area contributed by atoms with E-state index < -0.39 is 9.84 Å². The van der Waals surface area contributed by atoms with E-state index in [1.54, 1.807) is 6.20 Å². The van der Waals surface area contributed by atoms with E-state index in [1.807, 2.05) is 19.9 Å². The van der Waals surface area contributed by atoms with Crippen LogP contribution in [0.2, 0.25) is 0 Å². The van der Waals surface area contributed by atoms with Crippen molar-refractivity contribution >= 4 is 32.1 Å². The van der Waals surface area contributed by atoms with Crippen LogP contribution in [0.3, 0.4) is 0 Å². The lowest BCUT2D eigenvalue weighted by atomic mass is 9.76. The Morgan fingerprint density at radius 3 is 2.58 bits per heavy atom. The number of aromatic nitrogens is 1. The van der Waals surface area contributed by atoms with Crippen LogP contribution in [-0.2, 0) is 9.84 Å². The summed E-state index contributed by atoms with van der Waals surface area (Å²) in [6, 6.07) is 9.17. The third kappa shape index (κ3) is 6.93. The van der Waals surface area contributed by atoms with Crippen molar-refractivity contribution in [3.05, 3.63) is 30.5 Å². The van der Waals surface area contributed by atoms with Crippen molar-refractivity contribution in [2.45, 2.75) is 101 Å². The molecule has 2 saturated carbocycles. The molecule has 3 unspecified atom stereocenters. The topological polar surface area (TPSA) is 100 Å². The Hall–Kier alpha value is -1.90. The van der Waals surface area contributed by atoms with E-state index in [-0.39, 0.29) is 16.4 Å². The van der Waals surface area contributed by atoms with E-state index >= 15 is 0 Å². The molecular formula is C32H51N5O2S. The lowest BCUT2D eigenvalue weighted by Gasteiger charge is -2.41. The van der Waals surface area contributed by atoms with Gasteiger partial charge in [0.05, 0.1) is 10.5 Å². The number of nitrogens with zero attached hydrogens (tertiary/aromatic N) is 2. The van der Waals surface area contributed by atoms with Crippen LogP contribution in [0.1, 0.15) is 78.1 Å². The minimum atomic E-state index is -3.14. The Morgan fingerprint density at radius 1 is 1.00 bits per heavy atom. The minimum absolute atomic E-state index is 0.157. The van der Waals surface area contributed by atoms with Crippen molar-refractivity contribution in [2.24, 2.45) is 17.8 Å². The van der Waals surface area contributed by atoms with E-state index in [9.17, 15) is 8.42 Å². The standard InChI is InChI=1S/C32H51N5O2S/c1-22(2)40(38,39)31-14-12-27-19-26(31)20-37(3)21-30(24-9-7-23(8-10-24)6-4-5-16-34-27)36-28-11-13-29-25(18-28)15-17-35-32(29)33/h11,13,15,17-18,22-24,26-27,30-31,34,36H,4-10,12,14,16,19-21H2,1-3H3,(H2,33,35)/t23?,24?,26?,27?,30-,31?/m0/s1. The summed E-state index contributed by atoms with van der Waals surface area (Å²) in [4.78, 5) is 6.67. The number of anilines is 2. The van der Waals surface area contributed by atoms with Gasteiger partial charge in [0.15, 0.2) is 9.84 Å². The highest BCUT2D eigenvalue weighted by Gasteiger charge is 2.40. The maximum absolute atomic E-state index is 13.4. The Kier molecular flexibility index (Phi) is 9.58. The van der Waals surface area contributed by atoms with Gasteiger partial charge in [0.25, 0.3) is 0 Å². The second-order valence-electron chi connectivity index (χ2n) is 13.3. The molecule has 0 radical (unpaired) electrons. The van der Waals surface area contributed by atoms with E-state index in [0.29, 0.717) is 23.8 Å². The molecule has 3 heterocycles. The normalized spacial score (nSPS) is 31.4. The smallest absolute Gasteiger partial charge is 0.155 e. The number of fused-ring (bicyclic) bond motifs is 10. The molecule has 222 valence electrons. The molecule has 7 nitrogen and oxygen atoms in total. The Balaban J connectivity index is 1.38. The molecule has 4 fully saturated rings. The van der Waals surface area contributed by atoms with Gasteiger partial charge >= 0.3 is 0 Å². The first kappa shape index (κ1) is 29.6. The van der Waals surface area contributed by atoms with Gasteiger partial charge in [-0.25, -0.2) is 13.4 Å². The predicted octanol–water partition coefficient (Wildman–Crippen LogP) is 5.47. The van der Waals surface area contributed by atoms with Crippen LogP contribution < -0.4 is 16.4 Å². The third-order valence-corrected chi connectivity index (χ3v) is 12.9. The van der Waals surface area contributed by atoms with Gasteiger partial charge < -0.3 is 21.3 Å². The highest BCUT2D eigenvalue weighted by molar-refractivity contribution is 7.92. The summed E-state index contributed by atoms with van der Waals surface area (Å²) >= 11 is 0. The maximum atomic E-state index is 13.4. The molecule has 4 aliphatic rings. The number of benzene rings is 1. The van der Waals surface area contributed by atoms with Crippen LogP contribution >= 0.6 is 0 Å². The van der Waals surface area contributed by atoms with Crippen molar-refractivity contribution < 1.29 is 8.42 Å². The Morgan fingerprint density at radius 2 is 1.80 bits per heavy atom. The van der Waals surface area contributed by atoms with Gasteiger partial charge in [-0.3, -0.25) is 0 Å². The van der Waals surface area contributed by atoms with Crippen molar-refractivity contribution in [3.8, 4) is 0 Å². The van der Waals surface area contributed by atoms with Gasteiger partial charge in [-0.1, -0.05) is 25.7 Å². The molecule has 4 bridgehead atoms. The van der Waals surface area contributed by atoms with Gasteiger partial charge in [-0.15, -0.1) is 0 Å². The number of nitrogens with two attached hydrogens (primary N) is 1. The molecule has 40 heavy (non-hydrogen) atoms. The number of likely N-dealkylation sites (N-methyl/N-ethyl adjacent to an activating group) is 1. The zero-order chi connectivity index (χ0) is 28.3. The van der Waals surface area contributed by atoms with E-state index in [1.165, 1.54) is 44.9 Å². The number of nitrogen functional groups attached to an aromatic ring is 1. The van der Waals surface area contributed by atoms with E-state index in [4.69, 9.17) is 5.73 Å². The van der Waals surface area contributed by atoms with Crippen LogP contribution in [0.5, 0.6) is 0 Å². The number of sulfone groups is 1. The molecule has 2 aromatic rings. The molecule has 1 aromatic carbocycles. The quantitative estimate of drug-likeness (QED) is 0.449. The lowest BCUT2D eigenvalue weighted by molar-refractivity contribution is 0.172. The molecular weight excluding hydrogens is 518 g/mol. The fourth-order valence-corrected chi connectivity index (χ4v) is 9.67. The first-order valence-corrected chi connectivity index (χ1v) is 17.4. The number of nitrogens with one attached hydrogen (secondary N) is 2. The van der Waals surface area contributed by atoms with Crippen molar-refractivity contribution in [1.82, 2.24) is 15.2 Å². The lowest BCUT2D eigenvalue weighted by Crippen LogP contribution is -2.50. The van der Waals surface area contributed by atoms with E-state index in [2.05, 4.69) is 45.8 Å². The summed E-state index contributed by atoms with van der Waals surface area (Å²) in [6.07, 6.45) is 13.5. The second-order valence-corrected chi connectivity index (χ2v) is 16.0. The maximum Gasteiger partial charge on any atom is 0.155 e. The summed E-state index contributed by atoms with van der Waals surface area (Å²) in [6.45, 7) is 6.49. The largest absolute Gasteiger partial charge is 0.383 e. The highest BCUT2D eigenvalue weighted by atomic mass is 32.2. The SMILES string of the molecule is CC(C)S(=O)(=O)C1CCC2CC1CN(C)C[C@H](Nc1ccc3c(N)nccc3c1)C1CCC(CCCCN2)CC1. The summed E-state index contributed by atoms with van der Waals surface area (Å²) in [7, 11) is -0.943. The molecule has 4 atom stereocenters. The van der Waals surface area contributed by atoms with Crippen LogP contribution in [0, 0.1) is 17.8 Å². The molecule has 0 amide bonds. The zero-order valence-electron chi connectivity index (χ0n) is 24.8. The summed E-state index contributed by atoms with van der Waals surface area (Å²) < 4.78 is 26.9. The second kappa shape index (κ2) is 13.0. The number of hydrogen-bond donors (Lipinski definition) is 3. The van der Waals surface area contributed by atoms with E-state index in [0.717, 1.165) is 61.3 Å². The first-order chi connectivity index (χ1) is 19.2. The van der Waals surface area contributed by atoms with Gasteiger partial charge in [0.2, 0.25) is 0 Å². The number of rotatable bonds is 4. The van der Waals surface area contributed by atoms with Crippen LogP contribution in [0.4, 0.5) is 11.5 Å². The summed E-state index contributed by atoms with van der Waals surface area (Å²) in [5, 5.41) is 9.27. The Labute approximate surface area is 242 Å². The van der Waals surface area contributed by atoms with Crippen LogP contribution in [0.15, 0.2) is 30.5 Å². The number of pyridine rings is 1. The Bertz CT molecular complexity index is 1230. The molecule has 8 heteroatoms. The van der Waals surface area contributed by atoms with Crippen LogP contribution in [-0.4, -0.2) is 67.6 Å². The first-order valence-electron chi connectivity index (χ1n) is 15.8. The summed E-state index contributed by atoms with van der Waals surface area (Å²) in [5.74, 6) is 2.20. The average molecular weight is 570 g/mol. The molecule has 2 saturated heterocycles. The monoisotopic (exact) mass is 569 g/mol. The van der Waals surface area contributed by atoms with Crippen LogP contribution in [0.25, 0.3) is 10.8 Å². The fraction of sp³-hybridized carbons (Fsp3) is 0.719. The zero-order valence-corrected chi connectivity index (χ0v) is 25.6. The molecule has 0 spiro atoms. The highest BCUT2D eigenvalue weighted by Crippen LogP contribution is 2.37. The molecule has 1 aromatic heterocycles. The molecule has 4 N–H and O–H groups in total. The predicted molar refractivity (Wildman–Crippen MR) is 167 cm³/mol. The summed E-state index contributed by atoms with van der Waals surface area (Å²) in [5.41, 5.74) is 7.24. The molecule has 2 aliphatic carbocycles.